The van der Waals surface area contributed by atoms with Crippen molar-refractivity contribution in [2.24, 2.45) is 0 Å². The SMILES string of the molecule is COc1ccc(C(=O)O)cc1S(=O)(=O)N1CCC[C@H]1c1nc(C(C)C)no1. The van der Waals surface area contributed by atoms with Crippen LogP contribution in [0.2, 0.25) is 0 Å². The Bertz CT molecular complexity index is 953. The van der Waals surface area contributed by atoms with E-state index in [0.717, 1.165) is 6.07 Å². The number of rotatable bonds is 6. The van der Waals surface area contributed by atoms with E-state index < -0.39 is 22.0 Å². The van der Waals surface area contributed by atoms with Gasteiger partial charge in [0.05, 0.1) is 12.7 Å². The van der Waals surface area contributed by atoms with E-state index >= 15 is 0 Å². The molecule has 1 fully saturated rings. The largest absolute Gasteiger partial charge is 0.495 e. The minimum atomic E-state index is -4.03. The minimum Gasteiger partial charge on any atom is -0.495 e. The number of ether oxygens (including phenoxy) is 1. The van der Waals surface area contributed by atoms with Gasteiger partial charge in [0.25, 0.3) is 0 Å². The molecule has 2 aromatic rings. The molecule has 3 rings (SSSR count). The number of methoxy groups -OCH3 is 1. The van der Waals surface area contributed by atoms with Gasteiger partial charge in [0.1, 0.15) is 16.7 Å². The molecule has 1 N–H and O–H groups in total. The van der Waals surface area contributed by atoms with Gasteiger partial charge in [-0.3, -0.25) is 0 Å². The fraction of sp³-hybridized carbons (Fsp3) is 0.471. The van der Waals surface area contributed by atoms with Gasteiger partial charge in [0, 0.05) is 12.5 Å². The molecule has 1 aliphatic heterocycles. The van der Waals surface area contributed by atoms with Crippen molar-refractivity contribution in [1.82, 2.24) is 14.4 Å². The molecule has 2 heterocycles. The van der Waals surface area contributed by atoms with E-state index in [-0.39, 0.29) is 34.6 Å². The predicted octanol–water partition coefficient (Wildman–Crippen LogP) is 2.43. The van der Waals surface area contributed by atoms with Crippen LogP contribution in [0.3, 0.4) is 0 Å². The fourth-order valence-corrected chi connectivity index (χ4v) is 4.86. The lowest BCUT2D eigenvalue weighted by Gasteiger charge is -2.22. The zero-order valence-electron chi connectivity index (χ0n) is 15.2. The first-order valence-electron chi connectivity index (χ1n) is 8.52. The van der Waals surface area contributed by atoms with Crippen LogP contribution < -0.4 is 4.74 Å². The standard InChI is InChI=1S/C17H21N3O6S/c1-10(2)15-18-16(26-19-15)12-5-4-8-20(12)27(23,24)14-9-11(17(21)22)6-7-13(14)25-3/h6-7,9-10,12H,4-5,8H2,1-3H3,(H,21,22)/t12-/m0/s1. The topological polar surface area (TPSA) is 123 Å². The molecule has 0 spiro atoms. The molecule has 1 aliphatic rings. The molecule has 0 saturated carbocycles. The quantitative estimate of drug-likeness (QED) is 0.791. The first-order chi connectivity index (χ1) is 12.8. The molecular formula is C17H21N3O6S. The molecule has 9 nitrogen and oxygen atoms in total. The first kappa shape index (κ1) is 19.3. The molecule has 0 amide bonds. The summed E-state index contributed by atoms with van der Waals surface area (Å²) >= 11 is 0. The molecule has 1 saturated heterocycles. The van der Waals surface area contributed by atoms with Crippen molar-refractivity contribution in [3.63, 3.8) is 0 Å². The van der Waals surface area contributed by atoms with Crippen molar-refractivity contribution in [2.45, 2.75) is 43.5 Å². The van der Waals surface area contributed by atoms with E-state index in [9.17, 15) is 18.3 Å². The normalized spacial score (nSPS) is 18.1. The van der Waals surface area contributed by atoms with Crippen LogP contribution in [0.5, 0.6) is 5.75 Å². The van der Waals surface area contributed by atoms with Crippen molar-refractivity contribution in [3.8, 4) is 5.75 Å². The Morgan fingerprint density at radius 2 is 2.15 bits per heavy atom. The van der Waals surface area contributed by atoms with Crippen molar-refractivity contribution in [1.29, 1.82) is 0 Å². The summed E-state index contributed by atoms with van der Waals surface area (Å²) < 4.78 is 38.3. The van der Waals surface area contributed by atoms with Gasteiger partial charge in [-0.05, 0) is 31.0 Å². The Balaban J connectivity index is 2.03. The molecule has 1 atom stereocenters. The van der Waals surface area contributed by atoms with Crippen molar-refractivity contribution >= 4 is 16.0 Å². The molecule has 146 valence electrons. The lowest BCUT2D eigenvalue weighted by atomic mass is 10.2. The van der Waals surface area contributed by atoms with Gasteiger partial charge in [-0.1, -0.05) is 19.0 Å². The van der Waals surface area contributed by atoms with E-state index in [1.807, 2.05) is 13.8 Å². The molecule has 0 bridgehead atoms. The number of sulfonamides is 1. The third-order valence-electron chi connectivity index (χ3n) is 4.46. The highest BCUT2D eigenvalue weighted by Gasteiger charge is 2.41. The summed E-state index contributed by atoms with van der Waals surface area (Å²) in [6.45, 7) is 4.10. The van der Waals surface area contributed by atoms with Crippen LogP contribution >= 0.6 is 0 Å². The second-order valence-corrected chi connectivity index (χ2v) is 8.45. The summed E-state index contributed by atoms with van der Waals surface area (Å²) in [5.74, 6) is -0.321. The number of nitrogens with zero attached hydrogens (tertiary/aromatic N) is 3. The van der Waals surface area contributed by atoms with E-state index in [1.165, 1.54) is 23.5 Å². The van der Waals surface area contributed by atoms with Crippen LogP contribution in [0, 0.1) is 0 Å². The number of aromatic nitrogens is 2. The average Bonchev–Trinajstić information content (AvgIpc) is 3.30. The maximum absolute atomic E-state index is 13.3. The van der Waals surface area contributed by atoms with Gasteiger partial charge < -0.3 is 14.4 Å². The van der Waals surface area contributed by atoms with E-state index in [1.54, 1.807) is 0 Å². The minimum absolute atomic E-state index is 0.0568. The number of benzene rings is 1. The number of hydrogen-bond acceptors (Lipinski definition) is 7. The zero-order valence-corrected chi connectivity index (χ0v) is 16.1. The van der Waals surface area contributed by atoms with Gasteiger partial charge >= 0.3 is 5.97 Å². The van der Waals surface area contributed by atoms with Gasteiger partial charge in [0.15, 0.2) is 5.82 Å². The lowest BCUT2D eigenvalue weighted by Crippen LogP contribution is -2.31. The van der Waals surface area contributed by atoms with Gasteiger partial charge in [0.2, 0.25) is 15.9 Å². The van der Waals surface area contributed by atoms with Crippen LogP contribution in [0.25, 0.3) is 0 Å². The van der Waals surface area contributed by atoms with Crippen molar-refractivity contribution in [2.75, 3.05) is 13.7 Å². The highest BCUT2D eigenvalue weighted by molar-refractivity contribution is 7.89. The molecule has 0 aliphatic carbocycles. The Labute approximate surface area is 157 Å². The third kappa shape index (κ3) is 3.54. The van der Waals surface area contributed by atoms with Gasteiger partial charge in [-0.2, -0.15) is 9.29 Å². The van der Waals surface area contributed by atoms with Crippen molar-refractivity contribution < 1.29 is 27.6 Å². The monoisotopic (exact) mass is 395 g/mol. The summed E-state index contributed by atoms with van der Waals surface area (Å²) in [6, 6.07) is 3.16. The molecule has 0 radical (unpaired) electrons. The Hall–Kier alpha value is -2.46. The van der Waals surface area contributed by atoms with Gasteiger partial charge in [-0.25, -0.2) is 13.2 Å². The van der Waals surface area contributed by atoms with Crippen LogP contribution in [0.1, 0.15) is 60.7 Å². The van der Waals surface area contributed by atoms with Crippen LogP contribution in [-0.4, -0.2) is 47.6 Å². The smallest absolute Gasteiger partial charge is 0.335 e. The Morgan fingerprint density at radius 1 is 1.41 bits per heavy atom. The maximum atomic E-state index is 13.3. The number of carbonyl (C=O) groups is 1. The first-order valence-corrected chi connectivity index (χ1v) is 9.96. The number of carboxylic acid groups (broad SMARTS) is 1. The number of carboxylic acids is 1. The highest BCUT2D eigenvalue weighted by atomic mass is 32.2. The number of aromatic carboxylic acids is 1. The molecule has 1 aromatic heterocycles. The van der Waals surface area contributed by atoms with Crippen molar-refractivity contribution in [3.05, 3.63) is 35.5 Å². The molecule has 0 unspecified atom stereocenters. The fourth-order valence-electron chi connectivity index (χ4n) is 3.03. The Kier molecular flexibility index (Phi) is 5.20. The predicted molar refractivity (Wildman–Crippen MR) is 94.2 cm³/mol. The molecule has 10 heteroatoms. The van der Waals surface area contributed by atoms with Crippen LogP contribution in [-0.2, 0) is 10.0 Å². The highest BCUT2D eigenvalue weighted by Crippen LogP contribution is 2.38. The molecular weight excluding hydrogens is 374 g/mol. The zero-order chi connectivity index (χ0) is 19.8. The van der Waals surface area contributed by atoms with E-state index in [4.69, 9.17) is 9.26 Å². The molecule has 1 aromatic carbocycles. The second kappa shape index (κ2) is 7.28. The summed E-state index contributed by atoms with van der Waals surface area (Å²) in [4.78, 5) is 15.4. The summed E-state index contributed by atoms with van der Waals surface area (Å²) in [5.41, 5.74) is -0.134. The summed E-state index contributed by atoms with van der Waals surface area (Å²) in [7, 11) is -2.69. The average molecular weight is 395 g/mol. The number of hydrogen-bond donors (Lipinski definition) is 1. The van der Waals surface area contributed by atoms with Crippen LogP contribution in [0.4, 0.5) is 0 Å². The summed E-state index contributed by atoms with van der Waals surface area (Å²) in [5, 5.41) is 13.1. The molecule has 27 heavy (non-hydrogen) atoms. The van der Waals surface area contributed by atoms with Gasteiger partial charge in [-0.15, -0.1) is 0 Å². The maximum Gasteiger partial charge on any atom is 0.335 e. The second-order valence-electron chi connectivity index (χ2n) is 6.59. The van der Waals surface area contributed by atoms with Crippen LogP contribution in [0.15, 0.2) is 27.6 Å². The lowest BCUT2D eigenvalue weighted by molar-refractivity contribution is 0.0696. The van der Waals surface area contributed by atoms with E-state index in [0.29, 0.717) is 18.7 Å². The Morgan fingerprint density at radius 3 is 2.74 bits per heavy atom. The third-order valence-corrected chi connectivity index (χ3v) is 6.39. The summed E-state index contributed by atoms with van der Waals surface area (Å²) in [6.07, 6.45) is 1.17. The van der Waals surface area contributed by atoms with E-state index in [2.05, 4.69) is 10.1 Å².